The maximum Gasteiger partial charge on any atom is 0.338 e. The summed E-state index contributed by atoms with van der Waals surface area (Å²) in [7, 11) is -3.58. The molecule has 1 amide bonds. The Labute approximate surface area is 195 Å². The van der Waals surface area contributed by atoms with E-state index in [4.69, 9.17) is 4.74 Å². The van der Waals surface area contributed by atoms with E-state index in [-0.39, 0.29) is 23.3 Å². The number of carbonyl (C=O) groups excluding carboxylic acids is 2. The van der Waals surface area contributed by atoms with Crippen molar-refractivity contribution in [3.63, 3.8) is 0 Å². The van der Waals surface area contributed by atoms with Crippen LogP contribution in [0.4, 0.5) is 11.4 Å². The number of hydrogen-bond donors (Lipinski definition) is 2. The second-order valence-electron chi connectivity index (χ2n) is 8.06. The topological polar surface area (TPSA) is 105 Å². The molecule has 1 saturated heterocycles. The van der Waals surface area contributed by atoms with Gasteiger partial charge in [-0.1, -0.05) is 19.4 Å². The highest BCUT2D eigenvalue weighted by molar-refractivity contribution is 7.89. The van der Waals surface area contributed by atoms with Crippen LogP contribution in [0, 0.1) is 6.92 Å². The van der Waals surface area contributed by atoms with Crippen molar-refractivity contribution >= 4 is 33.3 Å². The molecule has 33 heavy (non-hydrogen) atoms. The van der Waals surface area contributed by atoms with Crippen LogP contribution in [-0.4, -0.2) is 50.8 Å². The summed E-state index contributed by atoms with van der Waals surface area (Å²) in [5.41, 5.74) is 2.36. The molecule has 9 heteroatoms. The summed E-state index contributed by atoms with van der Waals surface area (Å²) in [4.78, 5) is 24.5. The minimum absolute atomic E-state index is 0.0117. The molecule has 8 nitrogen and oxygen atoms in total. The van der Waals surface area contributed by atoms with Crippen LogP contribution in [0.3, 0.4) is 0 Å². The molecule has 2 aromatic rings. The van der Waals surface area contributed by atoms with Crippen molar-refractivity contribution in [2.75, 3.05) is 36.9 Å². The zero-order chi connectivity index (χ0) is 23.8. The predicted octanol–water partition coefficient (Wildman–Crippen LogP) is 3.79. The fraction of sp³-hybridized carbons (Fsp3) is 0.417. The Morgan fingerprint density at radius 1 is 1.03 bits per heavy atom. The number of nitrogens with zero attached hydrogens (tertiary/aromatic N) is 1. The largest absolute Gasteiger partial charge is 0.462 e. The standard InChI is InChI=1S/C24H31N3O5S/c1-3-15-32-24(29)19-8-10-20(11-9-19)25-17-23(28)26-22-16-21(12-7-18(22)2)33(30,31)27-13-5-4-6-14-27/h7-12,16,25H,3-6,13-15,17H2,1-2H3,(H,26,28). The van der Waals surface area contributed by atoms with Crippen LogP contribution in [0.25, 0.3) is 0 Å². The molecule has 0 radical (unpaired) electrons. The smallest absolute Gasteiger partial charge is 0.338 e. The Kier molecular flexibility index (Phi) is 8.46. The highest BCUT2D eigenvalue weighted by Gasteiger charge is 2.26. The summed E-state index contributed by atoms with van der Waals surface area (Å²) in [6.07, 6.45) is 3.52. The van der Waals surface area contributed by atoms with E-state index < -0.39 is 10.0 Å². The Bertz CT molecular complexity index is 1080. The van der Waals surface area contributed by atoms with Crippen LogP contribution < -0.4 is 10.6 Å². The Morgan fingerprint density at radius 2 is 1.73 bits per heavy atom. The average Bonchev–Trinajstić information content (AvgIpc) is 2.83. The molecule has 2 N–H and O–H groups in total. The number of nitrogens with one attached hydrogen (secondary N) is 2. The quantitative estimate of drug-likeness (QED) is 0.537. The van der Waals surface area contributed by atoms with Gasteiger partial charge in [0, 0.05) is 24.5 Å². The van der Waals surface area contributed by atoms with Gasteiger partial charge >= 0.3 is 5.97 Å². The lowest BCUT2D eigenvalue weighted by atomic mass is 10.2. The number of rotatable bonds is 9. The lowest BCUT2D eigenvalue weighted by molar-refractivity contribution is -0.114. The van der Waals surface area contributed by atoms with Gasteiger partial charge in [-0.3, -0.25) is 4.79 Å². The summed E-state index contributed by atoms with van der Waals surface area (Å²) >= 11 is 0. The number of carbonyl (C=O) groups is 2. The molecule has 1 aliphatic rings. The second kappa shape index (κ2) is 11.3. The lowest BCUT2D eigenvalue weighted by Crippen LogP contribution is -2.35. The van der Waals surface area contributed by atoms with Crippen molar-refractivity contribution in [3.05, 3.63) is 53.6 Å². The molecule has 0 bridgehead atoms. The molecule has 0 unspecified atom stereocenters. The molecule has 0 aromatic heterocycles. The van der Waals surface area contributed by atoms with Crippen molar-refractivity contribution in [2.24, 2.45) is 0 Å². The van der Waals surface area contributed by atoms with E-state index >= 15 is 0 Å². The lowest BCUT2D eigenvalue weighted by Gasteiger charge is -2.26. The van der Waals surface area contributed by atoms with E-state index in [1.54, 1.807) is 36.4 Å². The maximum absolute atomic E-state index is 12.9. The Balaban J connectivity index is 1.60. The number of hydrogen-bond acceptors (Lipinski definition) is 6. The number of piperidine rings is 1. The minimum atomic E-state index is -3.58. The van der Waals surface area contributed by atoms with Crippen molar-refractivity contribution in [1.82, 2.24) is 4.31 Å². The molecule has 0 atom stereocenters. The summed E-state index contributed by atoms with van der Waals surface area (Å²) < 4.78 is 32.5. The monoisotopic (exact) mass is 473 g/mol. The third-order valence-electron chi connectivity index (χ3n) is 5.45. The molecular formula is C24H31N3O5S. The SMILES string of the molecule is CCCOC(=O)c1ccc(NCC(=O)Nc2cc(S(=O)(=O)N3CCCCC3)ccc2C)cc1. The van der Waals surface area contributed by atoms with Crippen molar-refractivity contribution in [3.8, 4) is 0 Å². The molecular weight excluding hydrogens is 442 g/mol. The fourth-order valence-electron chi connectivity index (χ4n) is 3.53. The third-order valence-corrected chi connectivity index (χ3v) is 7.34. The Hall–Kier alpha value is -2.91. The summed E-state index contributed by atoms with van der Waals surface area (Å²) in [6, 6.07) is 11.5. The van der Waals surface area contributed by atoms with E-state index in [9.17, 15) is 18.0 Å². The zero-order valence-electron chi connectivity index (χ0n) is 19.1. The highest BCUT2D eigenvalue weighted by Crippen LogP contribution is 2.25. The molecule has 2 aromatic carbocycles. The first-order valence-electron chi connectivity index (χ1n) is 11.2. The first-order chi connectivity index (χ1) is 15.8. The normalized spacial score (nSPS) is 14.5. The van der Waals surface area contributed by atoms with Gasteiger partial charge in [-0.05, 0) is 68.1 Å². The molecule has 3 rings (SSSR count). The highest BCUT2D eigenvalue weighted by atomic mass is 32.2. The van der Waals surface area contributed by atoms with Crippen molar-refractivity contribution in [1.29, 1.82) is 0 Å². The van der Waals surface area contributed by atoms with E-state index in [1.165, 1.54) is 10.4 Å². The number of anilines is 2. The molecule has 1 fully saturated rings. The first-order valence-corrected chi connectivity index (χ1v) is 12.7. The van der Waals surface area contributed by atoms with Gasteiger partial charge in [-0.15, -0.1) is 0 Å². The summed E-state index contributed by atoms with van der Waals surface area (Å²) in [6.45, 7) is 5.16. The molecule has 0 spiro atoms. The van der Waals surface area contributed by atoms with Gasteiger partial charge in [0.25, 0.3) is 0 Å². The van der Waals surface area contributed by atoms with Crippen LogP contribution in [0.2, 0.25) is 0 Å². The summed E-state index contributed by atoms with van der Waals surface area (Å²) in [5.74, 6) is -0.687. The van der Waals surface area contributed by atoms with Gasteiger partial charge in [0.05, 0.1) is 23.6 Å². The minimum Gasteiger partial charge on any atom is -0.462 e. The maximum atomic E-state index is 12.9. The molecule has 1 heterocycles. The predicted molar refractivity (Wildman–Crippen MR) is 128 cm³/mol. The Morgan fingerprint density at radius 3 is 2.39 bits per heavy atom. The average molecular weight is 474 g/mol. The number of esters is 1. The number of sulfonamides is 1. The van der Waals surface area contributed by atoms with Gasteiger partial charge in [-0.25, -0.2) is 13.2 Å². The third kappa shape index (κ3) is 6.55. The van der Waals surface area contributed by atoms with E-state index in [0.717, 1.165) is 31.2 Å². The van der Waals surface area contributed by atoms with E-state index in [2.05, 4.69) is 10.6 Å². The first kappa shape index (κ1) is 24.7. The fourth-order valence-corrected chi connectivity index (χ4v) is 5.07. The number of ether oxygens (including phenoxy) is 1. The molecule has 0 saturated carbocycles. The van der Waals surface area contributed by atoms with Crippen LogP contribution in [0.5, 0.6) is 0 Å². The van der Waals surface area contributed by atoms with Crippen LogP contribution in [0.1, 0.15) is 48.5 Å². The number of aryl methyl sites for hydroxylation is 1. The molecule has 1 aliphatic heterocycles. The van der Waals surface area contributed by atoms with Gasteiger partial charge in [-0.2, -0.15) is 4.31 Å². The van der Waals surface area contributed by atoms with Gasteiger partial charge < -0.3 is 15.4 Å². The molecule has 0 aliphatic carbocycles. The van der Waals surface area contributed by atoms with Crippen LogP contribution in [0.15, 0.2) is 47.4 Å². The van der Waals surface area contributed by atoms with Crippen molar-refractivity contribution in [2.45, 2.75) is 44.4 Å². The van der Waals surface area contributed by atoms with Gasteiger partial charge in [0.2, 0.25) is 15.9 Å². The molecule has 178 valence electrons. The van der Waals surface area contributed by atoms with Crippen LogP contribution >= 0.6 is 0 Å². The second-order valence-corrected chi connectivity index (χ2v) is 9.99. The number of amides is 1. The van der Waals surface area contributed by atoms with Crippen LogP contribution in [-0.2, 0) is 19.6 Å². The zero-order valence-corrected chi connectivity index (χ0v) is 19.9. The van der Waals surface area contributed by atoms with Gasteiger partial charge in [0.1, 0.15) is 0 Å². The van der Waals surface area contributed by atoms with E-state index in [1.807, 2.05) is 13.8 Å². The van der Waals surface area contributed by atoms with Crippen molar-refractivity contribution < 1.29 is 22.7 Å². The summed E-state index contributed by atoms with van der Waals surface area (Å²) in [5, 5.41) is 5.79. The van der Waals surface area contributed by atoms with Gasteiger partial charge in [0.15, 0.2) is 0 Å². The van der Waals surface area contributed by atoms with E-state index in [0.29, 0.717) is 36.6 Å². The number of benzene rings is 2.